The number of nitrogens with zero attached hydrogens (tertiary/aromatic N) is 2. The van der Waals surface area contributed by atoms with Crippen molar-refractivity contribution in [3.63, 3.8) is 0 Å². The highest BCUT2D eigenvalue weighted by atomic mass is 32.1. The van der Waals surface area contributed by atoms with Crippen LogP contribution in [-0.4, -0.2) is 27.9 Å². The first-order chi connectivity index (χ1) is 16.4. The van der Waals surface area contributed by atoms with E-state index in [1.807, 2.05) is 30.3 Å². The number of hydrogen-bond acceptors (Lipinski definition) is 7. The number of hydrogen-bond donors (Lipinski definition) is 1. The summed E-state index contributed by atoms with van der Waals surface area (Å²) in [6.07, 6.45) is -0.843. The van der Waals surface area contributed by atoms with Crippen LogP contribution >= 0.6 is 11.3 Å². The minimum absolute atomic E-state index is 0.143. The maximum absolute atomic E-state index is 13.1. The molecule has 9 heteroatoms. The maximum atomic E-state index is 13.1. The van der Waals surface area contributed by atoms with E-state index in [4.69, 9.17) is 4.74 Å². The largest absolute Gasteiger partial charge is 0.449 e. The molecule has 34 heavy (non-hydrogen) atoms. The molecule has 172 valence electrons. The number of para-hydroxylation sites is 1. The van der Waals surface area contributed by atoms with Gasteiger partial charge in [-0.2, -0.15) is 0 Å². The third kappa shape index (κ3) is 4.79. The van der Waals surface area contributed by atoms with Gasteiger partial charge in [-0.1, -0.05) is 43.3 Å². The van der Waals surface area contributed by atoms with Gasteiger partial charge in [0.2, 0.25) is 0 Å². The number of rotatable bonds is 7. The summed E-state index contributed by atoms with van der Waals surface area (Å²) >= 11 is 1.47. The SMILES string of the molecule is CCC(OC(=O)c1ccccc1-c1nc2ccccc2s1)C(=O)Nc1cc([N+](=O)[O-])ccc1C. The van der Waals surface area contributed by atoms with E-state index < -0.39 is 22.9 Å². The number of carbonyl (C=O) groups excluding carboxylic acids is 2. The topological polar surface area (TPSA) is 111 Å². The third-order valence-electron chi connectivity index (χ3n) is 5.27. The average Bonchev–Trinajstić information content (AvgIpc) is 3.27. The Labute approximate surface area is 199 Å². The van der Waals surface area contributed by atoms with Gasteiger partial charge in [-0.05, 0) is 37.1 Å². The lowest BCUT2D eigenvalue weighted by Crippen LogP contribution is -2.32. The van der Waals surface area contributed by atoms with Crippen LogP contribution in [0.4, 0.5) is 11.4 Å². The minimum atomic E-state index is -1.07. The summed E-state index contributed by atoms with van der Waals surface area (Å²) in [4.78, 5) is 41.1. The number of aromatic nitrogens is 1. The zero-order valence-corrected chi connectivity index (χ0v) is 19.3. The van der Waals surface area contributed by atoms with E-state index >= 15 is 0 Å². The van der Waals surface area contributed by atoms with Crippen LogP contribution in [0.3, 0.4) is 0 Å². The van der Waals surface area contributed by atoms with Crippen molar-refractivity contribution in [2.75, 3.05) is 5.32 Å². The van der Waals surface area contributed by atoms with Crippen LogP contribution < -0.4 is 5.32 Å². The fourth-order valence-electron chi connectivity index (χ4n) is 3.42. The van der Waals surface area contributed by atoms with Gasteiger partial charge in [0.05, 0.1) is 26.4 Å². The number of non-ortho nitro benzene ring substituents is 1. The summed E-state index contributed by atoms with van der Waals surface area (Å²) in [7, 11) is 0. The molecule has 1 unspecified atom stereocenters. The van der Waals surface area contributed by atoms with E-state index in [2.05, 4.69) is 10.3 Å². The number of aryl methyl sites for hydroxylation is 1. The molecule has 1 aromatic heterocycles. The van der Waals surface area contributed by atoms with Gasteiger partial charge in [-0.25, -0.2) is 9.78 Å². The number of nitrogens with one attached hydrogen (secondary N) is 1. The number of thiazole rings is 1. The first-order valence-electron chi connectivity index (χ1n) is 10.6. The quantitative estimate of drug-likeness (QED) is 0.207. The van der Waals surface area contributed by atoms with Crippen molar-refractivity contribution in [3.8, 4) is 10.6 Å². The van der Waals surface area contributed by atoms with Gasteiger partial charge in [-0.15, -0.1) is 11.3 Å². The molecule has 0 saturated heterocycles. The Morgan fingerprint density at radius 2 is 1.85 bits per heavy atom. The van der Waals surface area contributed by atoms with Crippen LogP contribution in [0.25, 0.3) is 20.8 Å². The molecule has 0 fully saturated rings. The van der Waals surface area contributed by atoms with Crippen molar-refractivity contribution in [3.05, 3.63) is 88.0 Å². The fraction of sp³-hybridized carbons (Fsp3) is 0.160. The molecule has 4 aromatic rings. The second-order valence-electron chi connectivity index (χ2n) is 7.58. The Bertz CT molecular complexity index is 1370. The molecule has 0 aliphatic carbocycles. The van der Waals surface area contributed by atoms with Crippen LogP contribution in [0.1, 0.15) is 29.3 Å². The predicted molar refractivity (Wildman–Crippen MR) is 131 cm³/mol. The van der Waals surface area contributed by atoms with E-state index in [0.29, 0.717) is 27.4 Å². The molecular formula is C25H21N3O5S. The summed E-state index contributed by atoms with van der Waals surface area (Å²) < 4.78 is 6.56. The van der Waals surface area contributed by atoms with Gasteiger partial charge in [0, 0.05) is 17.7 Å². The number of nitro groups is 1. The summed E-state index contributed by atoms with van der Waals surface area (Å²) in [5.41, 5.74) is 2.57. The summed E-state index contributed by atoms with van der Waals surface area (Å²) in [5.74, 6) is -1.20. The number of benzene rings is 3. The summed E-state index contributed by atoms with van der Waals surface area (Å²) in [6.45, 7) is 3.44. The average molecular weight is 476 g/mol. The zero-order valence-electron chi connectivity index (χ0n) is 18.5. The van der Waals surface area contributed by atoms with Crippen molar-refractivity contribution < 1.29 is 19.2 Å². The molecular weight excluding hydrogens is 454 g/mol. The lowest BCUT2D eigenvalue weighted by atomic mass is 10.1. The Hall–Kier alpha value is -4.11. The standard InChI is InChI=1S/C25H21N3O5S/c1-3-21(23(29)26-20-14-16(28(31)32)13-12-15(20)2)33-25(30)18-9-5-4-8-17(18)24-27-19-10-6-7-11-22(19)34-24/h4-14,21H,3H2,1-2H3,(H,26,29). The molecule has 0 bridgehead atoms. The molecule has 0 spiro atoms. The molecule has 1 amide bonds. The monoisotopic (exact) mass is 475 g/mol. The molecule has 1 N–H and O–H groups in total. The normalized spacial score (nSPS) is 11.7. The number of fused-ring (bicyclic) bond motifs is 1. The van der Waals surface area contributed by atoms with Crippen molar-refractivity contribution in [1.29, 1.82) is 0 Å². The molecule has 0 aliphatic heterocycles. The molecule has 4 rings (SSSR count). The highest BCUT2D eigenvalue weighted by Gasteiger charge is 2.25. The Morgan fingerprint density at radius 1 is 1.12 bits per heavy atom. The molecule has 1 atom stereocenters. The first kappa shape index (κ1) is 23.1. The first-order valence-corrected chi connectivity index (χ1v) is 11.4. The zero-order chi connectivity index (χ0) is 24.2. The van der Waals surface area contributed by atoms with Crippen LogP contribution in [0.5, 0.6) is 0 Å². The van der Waals surface area contributed by atoms with Crippen LogP contribution in [-0.2, 0) is 9.53 Å². The minimum Gasteiger partial charge on any atom is -0.449 e. The van der Waals surface area contributed by atoms with Gasteiger partial charge in [0.15, 0.2) is 6.10 Å². The van der Waals surface area contributed by atoms with Gasteiger partial charge in [0.25, 0.3) is 11.6 Å². The number of carbonyl (C=O) groups is 2. The van der Waals surface area contributed by atoms with E-state index in [1.54, 1.807) is 38.1 Å². The molecule has 0 aliphatic rings. The van der Waals surface area contributed by atoms with Gasteiger partial charge >= 0.3 is 5.97 Å². The number of anilines is 1. The van der Waals surface area contributed by atoms with Crippen molar-refractivity contribution >= 4 is 44.8 Å². The Morgan fingerprint density at radius 3 is 2.59 bits per heavy atom. The highest BCUT2D eigenvalue weighted by Crippen LogP contribution is 2.32. The van der Waals surface area contributed by atoms with Gasteiger partial charge < -0.3 is 10.1 Å². The summed E-state index contributed by atoms with van der Waals surface area (Å²) in [6, 6.07) is 18.9. The second kappa shape index (κ2) is 9.80. The summed E-state index contributed by atoms with van der Waals surface area (Å²) in [5, 5.41) is 14.4. The molecule has 8 nitrogen and oxygen atoms in total. The molecule has 1 heterocycles. The molecule has 3 aromatic carbocycles. The van der Waals surface area contributed by atoms with Gasteiger partial charge in [0.1, 0.15) is 5.01 Å². The number of ether oxygens (including phenoxy) is 1. The number of amides is 1. The fourth-order valence-corrected chi connectivity index (χ4v) is 4.43. The maximum Gasteiger partial charge on any atom is 0.339 e. The van der Waals surface area contributed by atoms with E-state index in [9.17, 15) is 19.7 Å². The van der Waals surface area contributed by atoms with Crippen molar-refractivity contribution in [2.24, 2.45) is 0 Å². The molecule has 0 saturated carbocycles. The number of nitro benzene ring substituents is 1. The van der Waals surface area contributed by atoms with E-state index in [1.165, 1.54) is 23.5 Å². The second-order valence-corrected chi connectivity index (χ2v) is 8.61. The van der Waals surface area contributed by atoms with Crippen molar-refractivity contribution in [2.45, 2.75) is 26.4 Å². The van der Waals surface area contributed by atoms with E-state index in [0.717, 1.165) is 10.2 Å². The van der Waals surface area contributed by atoms with E-state index in [-0.39, 0.29) is 12.1 Å². The van der Waals surface area contributed by atoms with Gasteiger partial charge in [-0.3, -0.25) is 14.9 Å². The smallest absolute Gasteiger partial charge is 0.339 e. The third-order valence-corrected chi connectivity index (χ3v) is 6.34. The number of esters is 1. The Kier molecular flexibility index (Phi) is 6.65. The lowest BCUT2D eigenvalue weighted by molar-refractivity contribution is -0.384. The van der Waals surface area contributed by atoms with Crippen LogP contribution in [0.2, 0.25) is 0 Å². The Balaban J connectivity index is 1.56. The van der Waals surface area contributed by atoms with Crippen molar-refractivity contribution in [1.82, 2.24) is 4.98 Å². The molecule has 0 radical (unpaired) electrons. The lowest BCUT2D eigenvalue weighted by Gasteiger charge is -2.17. The van der Waals surface area contributed by atoms with Crippen LogP contribution in [0.15, 0.2) is 66.7 Å². The predicted octanol–water partition coefficient (Wildman–Crippen LogP) is 5.75. The highest BCUT2D eigenvalue weighted by molar-refractivity contribution is 7.21. The van der Waals surface area contributed by atoms with Crippen LogP contribution in [0, 0.1) is 17.0 Å².